The van der Waals surface area contributed by atoms with Gasteiger partial charge in [-0.05, 0) is 89.0 Å². The average Bonchev–Trinajstić information content (AvgIpc) is 4.21. The maximum atomic E-state index is 7.01. The van der Waals surface area contributed by atoms with Crippen molar-refractivity contribution < 1.29 is 9.30 Å². The van der Waals surface area contributed by atoms with Crippen molar-refractivity contribution in [2.45, 2.75) is 0 Å². The Morgan fingerprint density at radius 2 is 1.00 bits per heavy atom. The van der Waals surface area contributed by atoms with Crippen LogP contribution in [0.5, 0.6) is 11.5 Å². The zero-order chi connectivity index (χ0) is 48.9. The lowest BCUT2D eigenvalue weighted by atomic mass is 9.95. The van der Waals surface area contributed by atoms with Crippen molar-refractivity contribution in [3.63, 3.8) is 0 Å². The first-order valence-electron chi connectivity index (χ1n) is 25.0. The summed E-state index contributed by atoms with van der Waals surface area (Å²) in [6, 6.07) is 85.7. The number of ether oxygens (including phenoxy) is 1. The number of rotatable bonds is 8. The molecule has 5 heterocycles. The van der Waals surface area contributed by atoms with Gasteiger partial charge in [0.25, 0.3) is 6.33 Å². The number of pyridine rings is 1. The summed E-state index contributed by atoms with van der Waals surface area (Å²) in [5, 5.41) is 7.07. The van der Waals surface area contributed by atoms with Crippen LogP contribution in [0, 0.1) is 6.33 Å². The van der Waals surface area contributed by atoms with Crippen LogP contribution in [-0.2, 0) is 7.05 Å². The molecule has 0 aliphatic heterocycles. The predicted octanol–water partition coefficient (Wildman–Crippen LogP) is 16.1. The molecular formula is C67H44N6O. The predicted molar refractivity (Wildman–Crippen MR) is 301 cm³/mol. The number of aryl methyl sites for hydroxylation is 1. The Labute approximate surface area is 425 Å². The summed E-state index contributed by atoms with van der Waals surface area (Å²) < 4.78 is 18.6. The van der Waals surface area contributed by atoms with Crippen LogP contribution >= 0.6 is 0 Å². The molecule has 0 aliphatic carbocycles. The number of aromatic nitrogens is 6. The molecule has 0 spiro atoms. The van der Waals surface area contributed by atoms with Gasteiger partial charge in [-0.25, -0.2) is 4.98 Å². The normalized spacial score (nSPS) is 11.9. The van der Waals surface area contributed by atoms with Crippen LogP contribution in [0.2, 0.25) is 0 Å². The minimum Gasteiger partial charge on any atom is -0.458 e. The highest BCUT2D eigenvalue weighted by atomic mass is 16.5. The van der Waals surface area contributed by atoms with Gasteiger partial charge in [-0.15, -0.1) is 0 Å². The van der Waals surface area contributed by atoms with Gasteiger partial charge in [0.05, 0.1) is 50.0 Å². The average molecular weight is 949 g/mol. The van der Waals surface area contributed by atoms with E-state index < -0.39 is 0 Å². The van der Waals surface area contributed by atoms with Crippen LogP contribution in [-0.4, -0.2) is 23.3 Å². The van der Waals surface area contributed by atoms with E-state index in [1.807, 2.05) is 18.3 Å². The van der Waals surface area contributed by atoms with Gasteiger partial charge in [-0.1, -0.05) is 170 Å². The molecule has 15 rings (SSSR count). The van der Waals surface area contributed by atoms with Crippen LogP contribution < -0.4 is 9.30 Å². The molecule has 74 heavy (non-hydrogen) atoms. The third kappa shape index (κ3) is 6.26. The number of fused-ring (bicyclic) bond motifs is 13. The molecule has 0 radical (unpaired) electrons. The second-order valence-electron chi connectivity index (χ2n) is 18.9. The second-order valence-corrected chi connectivity index (χ2v) is 18.9. The van der Waals surface area contributed by atoms with Gasteiger partial charge >= 0.3 is 0 Å². The summed E-state index contributed by atoms with van der Waals surface area (Å²) in [4.78, 5) is 5.07. The van der Waals surface area contributed by atoms with E-state index in [9.17, 15) is 0 Å². The summed E-state index contributed by atoms with van der Waals surface area (Å²) in [6.07, 6.45) is 5.71. The molecule has 0 saturated heterocycles. The van der Waals surface area contributed by atoms with Crippen LogP contribution in [0.15, 0.2) is 249 Å². The molecule has 0 N–H and O–H groups in total. The molecule has 5 aromatic heterocycles. The van der Waals surface area contributed by atoms with Crippen LogP contribution in [0.25, 0.3) is 122 Å². The molecule has 0 unspecified atom stereocenters. The standard InChI is InChI=1S/C67H44N6O/c1-69-55-33-13-11-29-52(55)61-65(69)62-53-30-12-14-34-56(53)72(46-25-9-4-10-26-46)66(62)63-54-39-38-49(42-59(54)73(67(61)63)60-37-17-18-40-68-60)74-48-28-19-27-47(41-48)70-43-71(58-36-16-15-35-57(58)70)64-50(44-21-5-2-6-22-44)31-20-32-51(64)45-23-7-3-8-24-45/h2-42H,1H3. The van der Waals surface area contributed by atoms with Crippen molar-refractivity contribution in [1.82, 2.24) is 23.3 Å². The van der Waals surface area contributed by atoms with Gasteiger partial charge in [0.2, 0.25) is 0 Å². The van der Waals surface area contributed by atoms with Gasteiger partial charge in [0, 0.05) is 62.8 Å². The topological polar surface area (TPSA) is 45.7 Å². The van der Waals surface area contributed by atoms with Gasteiger partial charge in [-0.2, -0.15) is 0 Å². The van der Waals surface area contributed by atoms with E-state index in [1.54, 1.807) is 0 Å². The van der Waals surface area contributed by atoms with Gasteiger partial charge in [0.1, 0.15) is 17.3 Å². The Hall–Kier alpha value is -9.98. The van der Waals surface area contributed by atoms with Gasteiger partial charge < -0.3 is 13.9 Å². The molecule has 10 aromatic carbocycles. The van der Waals surface area contributed by atoms with Crippen molar-refractivity contribution in [3.8, 4) is 56.6 Å². The Bertz CT molecular complexity index is 4620. The fourth-order valence-corrected chi connectivity index (χ4v) is 11.7. The SMILES string of the molecule is Cn1c2ccccc2c2c1c1c3ccccc3n(-c3ccccc3)c1c1c3ccc(Oc4cccc(-[n+]5[c-]n(-c6c(-c7ccccc7)cccc6-c6ccccc6)c6ccccc65)c4)cc3n(-c3ccccn3)c21. The van der Waals surface area contributed by atoms with Crippen molar-refractivity contribution in [2.24, 2.45) is 7.05 Å². The molecule has 7 nitrogen and oxygen atoms in total. The lowest BCUT2D eigenvalue weighted by molar-refractivity contribution is -0.572. The molecule has 0 saturated carbocycles. The summed E-state index contributed by atoms with van der Waals surface area (Å²) in [7, 11) is 2.21. The van der Waals surface area contributed by atoms with Crippen LogP contribution in [0.1, 0.15) is 0 Å². The van der Waals surface area contributed by atoms with Crippen molar-refractivity contribution in [1.29, 1.82) is 0 Å². The molecule has 0 bridgehead atoms. The molecule has 7 heteroatoms. The first-order chi connectivity index (χ1) is 36.7. The summed E-state index contributed by atoms with van der Waals surface area (Å²) >= 11 is 0. The third-order valence-electron chi connectivity index (χ3n) is 14.8. The quantitative estimate of drug-likeness (QED) is 0.113. The van der Waals surface area contributed by atoms with Gasteiger partial charge in [0.15, 0.2) is 0 Å². The maximum absolute atomic E-state index is 7.01. The van der Waals surface area contributed by atoms with Crippen molar-refractivity contribution in [2.75, 3.05) is 0 Å². The smallest absolute Gasteiger partial charge is 0.269 e. The Morgan fingerprint density at radius 1 is 0.432 bits per heavy atom. The Balaban J connectivity index is 0.944. The van der Waals surface area contributed by atoms with Crippen LogP contribution in [0.3, 0.4) is 0 Å². The molecule has 0 atom stereocenters. The Kier molecular flexibility index (Phi) is 9.34. The van der Waals surface area contributed by atoms with E-state index in [4.69, 9.17) is 9.72 Å². The van der Waals surface area contributed by atoms with Crippen LogP contribution in [0.4, 0.5) is 0 Å². The zero-order valence-corrected chi connectivity index (χ0v) is 40.3. The number of para-hydroxylation sites is 6. The van der Waals surface area contributed by atoms with Gasteiger partial charge in [-0.3, -0.25) is 13.7 Å². The fourth-order valence-electron chi connectivity index (χ4n) is 11.7. The number of hydrogen-bond acceptors (Lipinski definition) is 2. The number of benzene rings is 10. The van der Waals surface area contributed by atoms with E-state index in [0.29, 0.717) is 11.5 Å². The number of hydrogen-bond donors (Lipinski definition) is 0. The van der Waals surface area contributed by atoms with E-state index in [0.717, 1.165) is 89.0 Å². The van der Waals surface area contributed by atoms with Crippen molar-refractivity contribution in [3.05, 3.63) is 255 Å². The molecule has 0 aliphatic rings. The highest BCUT2D eigenvalue weighted by Gasteiger charge is 2.28. The minimum atomic E-state index is 0.706. The molecule has 348 valence electrons. The van der Waals surface area contributed by atoms with E-state index >= 15 is 0 Å². The second kappa shape index (κ2) is 16.6. The number of imidazole rings is 1. The Morgan fingerprint density at radius 3 is 1.72 bits per heavy atom. The number of nitrogens with zero attached hydrogens (tertiary/aromatic N) is 6. The van der Waals surface area contributed by atoms with E-state index in [2.05, 4.69) is 267 Å². The largest absolute Gasteiger partial charge is 0.458 e. The summed E-state index contributed by atoms with van der Waals surface area (Å²) in [5.74, 6) is 2.25. The van der Waals surface area contributed by atoms with Crippen molar-refractivity contribution >= 4 is 76.5 Å². The van der Waals surface area contributed by atoms with E-state index in [1.165, 1.54) is 32.6 Å². The zero-order valence-electron chi connectivity index (χ0n) is 40.3. The monoisotopic (exact) mass is 948 g/mol. The highest BCUT2D eigenvalue weighted by Crippen LogP contribution is 2.50. The molecule has 15 aromatic rings. The lowest BCUT2D eigenvalue weighted by Gasteiger charge is -2.17. The first kappa shape index (κ1) is 41.8. The molecule has 0 amide bonds. The summed E-state index contributed by atoms with van der Waals surface area (Å²) in [5.41, 5.74) is 16.4. The highest BCUT2D eigenvalue weighted by molar-refractivity contribution is 6.40. The summed E-state index contributed by atoms with van der Waals surface area (Å²) in [6.45, 7) is 0. The van der Waals surface area contributed by atoms with E-state index in [-0.39, 0.29) is 0 Å². The lowest BCUT2D eigenvalue weighted by Crippen LogP contribution is -2.29. The fraction of sp³-hybridized carbons (Fsp3) is 0.0149. The maximum Gasteiger partial charge on any atom is 0.269 e. The molecule has 0 fully saturated rings. The third-order valence-corrected chi connectivity index (χ3v) is 14.8. The first-order valence-corrected chi connectivity index (χ1v) is 25.0. The molecular weight excluding hydrogens is 905 g/mol. The minimum absolute atomic E-state index is 0.706.